The van der Waals surface area contributed by atoms with Gasteiger partial charge in [-0.15, -0.1) is 0 Å². The Hall–Kier alpha value is -2.18. The van der Waals surface area contributed by atoms with Crippen molar-refractivity contribution in [3.63, 3.8) is 0 Å². The van der Waals surface area contributed by atoms with Crippen LogP contribution in [0.4, 0.5) is 5.69 Å². The van der Waals surface area contributed by atoms with Gasteiger partial charge in [0.15, 0.2) is 9.84 Å². The average molecular weight is 372 g/mol. The van der Waals surface area contributed by atoms with Gasteiger partial charge in [0.2, 0.25) is 5.91 Å². The van der Waals surface area contributed by atoms with Crippen LogP contribution in [0.3, 0.4) is 0 Å². The summed E-state index contributed by atoms with van der Waals surface area (Å²) in [6.07, 6.45) is 2.19. The molecule has 0 aromatic heterocycles. The fourth-order valence-electron chi connectivity index (χ4n) is 3.29. The molecule has 0 bridgehead atoms. The second-order valence-electron chi connectivity index (χ2n) is 6.47. The largest absolute Gasteiger partial charge is 0.324 e. The highest BCUT2D eigenvalue weighted by molar-refractivity contribution is 7.91. The summed E-state index contributed by atoms with van der Waals surface area (Å²) >= 11 is 0. The van der Waals surface area contributed by atoms with Gasteiger partial charge in [-0.2, -0.15) is 0 Å². The van der Waals surface area contributed by atoms with E-state index in [1.165, 1.54) is 0 Å². The van der Waals surface area contributed by atoms with Crippen LogP contribution < -0.4 is 5.32 Å². The first-order valence-corrected chi connectivity index (χ1v) is 10.6. The maximum absolute atomic E-state index is 13.0. The smallest absolute Gasteiger partial charge is 0.246 e. The number of nitrogens with one attached hydrogen (secondary N) is 1. The first-order chi connectivity index (χ1) is 12.5. The van der Waals surface area contributed by atoms with Crippen molar-refractivity contribution in [2.24, 2.45) is 0 Å². The van der Waals surface area contributed by atoms with E-state index in [2.05, 4.69) is 10.2 Å². The third-order valence-corrected chi connectivity index (χ3v) is 6.48. The van der Waals surface area contributed by atoms with Gasteiger partial charge in [-0.3, -0.25) is 9.69 Å². The summed E-state index contributed by atoms with van der Waals surface area (Å²) in [5.41, 5.74) is 1.57. The van der Waals surface area contributed by atoms with Crippen LogP contribution >= 0.6 is 0 Å². The number of rotatable bonds is 6. The van der Waals surface area contributed by atoms with E-state index in [0.29, 0.717) is 5.69 Å². The Bertz CT molecular complexity index is 842. The fraction of sp³-hybridized carbons (Fsp3) is 0.350. The lowest BCUT2D eigenvalue weighted by molar-refractivity contribution is -0.121. The minimum atomic E-state index is -3.24. The fourth-order valence-corrected chi connectivity index (χ4v) is 4.17. The molecule has 0 saturated carbocycles. The minimum absolute atomic E-state index is 0.0593. The Labute approximate surface area is 154 Å². The highest BCUT2D eigenvalue weighted by atomic mass is 32.2. The molecule has 2 aromatic rings. The quantitative estimate of drug-likeness (QED) is 0.845. The van der Waals surface area contributed by atoms with Crippen LogP contribution in [0.1, 0.15) is 31.4 Å². The van der Waals surface area contributed by atoms with Crippen molar-refractivity contribution >= 4 is 21.4 Å². The predicted octanol–water partition coefficient (Wildman–Crippen LogP) is 3.26. The van der Waals surface area contributed by atoms with Crippen LogP contribution in [0.2, 0.25) is 0 Å². The zero-order chi connectivity index (χ0) is 18.6. The number of nitrogens with zero attached hydrogens (tertiary/aromatic N) is 1. The van der Waals surface area contributed by atoms with Crippen LogP contribution in [0, 0.1) is 0 Å². The number of likely N-dealkylation sites (tertiary alicyclic amines) is 1. The lowest BCUT2D eigenvalue weighted by atomic mass is 10.0. The van der Waals surface area contributed by atoms with Crippen molar-refractivity contribution in [3.8, 4) is 0 Å². The molecule has 1 aliphatic heterocycles. The second-order valence-corrected chi connectivity index (χ2v) is 8.75. The second kappa shape index (κ2) is 8.01. The van der Waals surface area contributed by atoms with Gasteiger partial charge in [-0.1, -0.05) is 37.3 Å². The van der Waals surface area contributed by atoms with Gasteiger partial charge in [0.25, 0.3) is 0 Å². The number of anilines is 1. The van der Waals surface area contributed by atoms with Gasteiger partial charge in [0, 0.05) is 5.69 Å². The third kappa shape index (κ3) is 4.14. The zero-order valence-corrected chi connectivity index (χ0v) is 15.7. The maximum Gasteiger partial charge on any atom is 0.246 e. The van der Waals surface area contributed by atoms with Crippen LogP contribution in [-0.2, 0) is 14.6 Å². The molecular formula is C20H24N2O3S. The zero-order valence-electron chi connectivity index (χ0n) is 14.9. The summed E-state index contributed by atoms with van der Waals surface area (Å²) in [7, 11) is -3.24. The number of sulfone groups is 1. The average Bonchev–Trinajstić information content (AvgIpc) is 3.17. The number of hydrogen-bond donors (Lipinski definition) is 1. The number of amides is 1. The van der Waals surface area contributed by atoms with Crippen LogP contribution in [0.5, 0.6) is 0 Å². The highest BCUT2D eigenvalue weighted by Gasteiger charge is 2.29. The molecular weight excluding hydrogens is 348 g/mol. The molecule has 0 aliphatic carbocycles. The molecule has 1 fully saturated rings. The number of carbonyl (C=O) groups excluding carboxylic acids is 1. The van der Waals surface area contributed by atoms with Crippen molar-refractivity contribution in [1.82, 2.24) is 4.90 Å². The summed E-state index contributed by atoms with van der Waals surface area (Å²) in [5, 5.41) is 2.94. The van der Waals surface area contributed by atoms with Gasteiger partial charge in [0.05, 0.1) is 10.6 Å². The molecule has 0 spiro atoms. The molecule has 5 nitrogen and oxygen atoms in total. The van der Waals surface area contributed by atoms with Crippen LogP contribution in [0.15, 0.2) is 59.5 Å². The maximum atomic E-state index is 13.0. The molecule has 3 rings (SSSR count). The molecule has 1 aliphatic rings. The monoisotopic (exact) mass is 372 g/mol. The summed E-state index contributed by atoms with van der Waals surface area (Å²) in [5.74, 6) is -0.0341. The summed E-state index contributed by atoms with van der Waals surface area (Å²) in [4.78, 5) is 15.4. The summed E-state index contributed by atoms with van der Waals surface area (Å²) < 4.78 is 23.8. The highest BCUT2D eigenvalue weighted by Crippen LogP contribution is 2.27. The van der Waals surface area contributed by atoms with E-state index in [0.717, 1.165) is 31.5 Å². The molecule has 1 saturated heterocycles. The lowest BCUT2D eigenvalue weighted by Gasteiger charge is -2.27. The normalized spacial score (nSPS) is 16.3. The van der Waals surface area contributed by atoms with E-state index >= 15 is 0 Å². The Morgan fingerprint density at radius 3 is 2.23 bits per heavy atom. The molecule has 6 heteroatoms. The van der Waals surface area contributed by atoms with Crippen LogP contribution in [0.25, 0.3) is 0 Å². The minimum Gasteiger partial charge on any atom is -0.324 e. The van der Waals surface area contributed by atoms with Gasteiger partial charge in [-0.05, 0) is 55.8 Å². The molecule has 138 valence electrons. The van der Waals surface area contributed by atoms with Crippen LogP contribution in [-0.4, -0.2) is 38.1 Å². The summed E-state index contributed by atoms with van der Waals surface area (Å²) in [6.45, 7) is 3.42. The molecule has 1 amide bonds. The van der Waals surface area contributed by atoms with Gasteiger partial charge in [-0.25, -0.2) is 8.42 Å². The first-order valence-electron chi connectivity index (χ1n) is 8.94. The van der Waals surface area contributed by atoms with E-state index in [9.17, 15) is 13.2 Å². The number of benzene rings is 2. The topological polar surface area (TPSA) is 66.5 Å². The lowest BCUT2D eigenvalue weighted by Crippen LogP contribution is -2.35. The SMILES string of the molecule is CCS(=O)(=O)c1ccc(NC(=O)[C@H](c2ccccc2)N2CCCC2)cc1. The van der Waals surface area contributed by atoms with Crippen molar-refractivity contribution in [2.45, 2.75) is 30.7 Å². The summed E-state index contributed by atoms with van der Waals surface area (Å²) in [6, 6.07) is 15.8. The number of carbonyl (C=O) groups is 1. The Morgan fingerprint density at radius 1 is 1.04 bits per heavy atom. The molecule has 26 heavy (non-hydrogen) atoms. The Balaban J connectivity index is 1.80. The Morgan fingerprint density at radius 2 is 1.65 bits per heavy atom. The van der Waals surface area contributed by atoms with Crippen molar-refractivity contribution in [1.29, 1.82) is 0 Å². The van der Waals surface area contributed by atoms with E-state index in [-0.39, 0.29) is 22.6 Å². The molecule has 1 N–H and O–H groups in total. The molecule has 1 atom stereocenters. The molecule has 1 heterocycles. The predicted molar refractivity (Wildman–Crippen MR) is 103 cm³/mol. The van der Waals surface area contributed by atoms with E-state index in [4.69, 9.17) is 0 Å². The van der Waals surface area contributed by atoms with Crippen molar-refractivity contribution in [3.05, 3.63) is 60.2 Å². The van der Waals surface area contributed by atoms with Crippen molar-refractivity contribution < 1.29 is 13.2 Å². The molecule has 0 radical (unpaired) electrons. The standard InChI is InChI=1S/C20H24N2O3S/c1-2-26(24,25)18-12-10-17(11-13-18)21-20(23)19(22-14-6-7-15-22)16-8-4-3-5-9-16/h3-5,8-13,19H,2,6-7,14-15H2,1H3,(H,21,23)/t19-/m0/s1. The van der Waals surface area contributed by atoms with E-state index in [1.54, 1.807) is 31.2 Å². The molecule has 2 aromatic carbocycles. The molecule has 0 unspecified atom stereocenters. The van der Waals surface area contributed by atoms with E-state index < -0.39 is 9.84 Å². The van der Waals surface area contributed by atoms with Gasteiger partial charge in [0.1, 0.15) is 6.04 Å². The van der Waals surface area contributed by atoms with Crippen molar-refractivity contribution in [2.75, 3.05) is 24.2 Å². The third-order valence-electron chi connectivity index (χ3n) is 4.73. The van der Waals surface area contributed by atoms with E-state index in [1.807, 2.05) is 30.3 Å². The number of hydrogen-bond acceptors (Lipinski definition) is 4. The first kappa shape index (κ1) is 18.6. The van der Waals surface area contributed by atoms with Gasteiger partial charge >= 0.3 is 0 Å². The van der Waals surface area contributed by atoms with Gasteiger partial charge < -0.3 is 5.32 Å². The Kier molecular flexibility index (Phi) is 5.74.